The zero-order valence-corrected chi connectivity index (χ0v) is 12.3. The van der Waals surface area contributed by atoms with Crippen molar-refractivity contribution in [2.75, 3.05) is 0 Å². The predicted octanol–water partition coefficient (Wildman–Crippen LogP) is 3.41. The highest BCUT2D eigenvalue weighted by atomic mass is 79.9. The molecule has 1 unspecified atom stereocenters. The van der Waals surface area contributed by atoms with Crippen LogP contribution in [0.3, 0.4) is 0 Å². The SMILES string of the molecule is C[Si](C)(C)OC1Cc2cccc(Br)c2C1=O. The van der Waals surface area contributed by atoms with E-state index in [1.165, 1.54) is 0 Å². The predicted molar refractivity (Wildman–Crippen MR) is 70.4 cm³/mol. The van der Waals surface area contributed by atoms with Crippen LogP contribution in [0.5, 0.6) is 0 Å². The Hall–Kier alpha value is -0.453. The van der Waals surface area contributed by atoms with Crippen molar-refractivity contribution in [1.29, 1.82) is 0 Å². The van der Waals surface area contributed by atoms with Crippen molar-refractivity contribution in [2.24, 2.45) is 0 Å². The first-order chi connectivity index (χ1) is 7.38. The van der Waals surface area contributed by atoms with E-state index in [0.717, 1.165) is 22.0 Å². The Kier molecular flexibility index (Phi) is 3.07. The summed E-state index contributed by atoms with van der Waals surface area (Å²) in [5.74, 6) is 0.130. The molecular formula is C12H15BrO2Si. The Bertz CT molecular complexity index is 437. The summed E-state index contributed by atoms with van der Waals surface area (Å²) in [6, 6.07) is 5.88. The molecule has 0 spiro atoms. The maximum Gasteiger partial charge on any atom is 0.192 e. The molecule has 2 nitrogen and oxygen atoms in total. The maximum atomic E-state index is 12.2. The summed E-state index contributed by atoms with van der Waals surface area (Å²) in [5.41, 5.74) is 1.91. The van der Waals surface area contributed by atoms with E-state index >= 15 is 0 Å². The minimum absolute atomic E-state index is 0.130. The van der Waals surface area contributed by atoms with Crippen LogP contribution in [-0.4, -0.2) is 20.2 Å². The first kappa shape index (κ1) is 12.0. The summed E-state index contributed by atoms with van der Waals surface area (Å²) in [5, 5.41) is 0. The van der Waals surface area contributed by atoms with Crippen LogP contribution < -0.4 is 0 Å². The van der Waals surface area contributed by atoms with E-state index in [9.17, 15) is 4.79 Å². The number of ketones is 1. The Morgan fingerprint density at radius 2 is 2.06 bits per heavy atom. The molecule has 16 heavy (non-hydrogen) atoms. The van der Waals surface area contributed by atoms with Gasteiger partial charge in [0, 0.05) is 16.5 Å². The van der Waals surface area contributed by atoms with Gasteiger partial charge in [-0.15, -0.1) is 0 Å². The van der Waals surface area contributed by atoms with Crippen molar-refractivity contribution in [3.05, 3.63) is 33.8 Å². The van der Waals surface area contributed by atoms with Crippen LogP contribution in [0.4, 0.5) is 0 Å². The molecule has 0 bridgehead atoms. The number of carbonyl (C=O) groups is 1. The summed E-state index contributed by atoms with van der Waals surface area (Å²) in [6.45, 7) is 6.33. The molecule has 2 rings (SSSR count). The van der Waals surface area contributed by atoms with Gasteiger partial charge in [-0.1, -0.05) is 28.1 Å². The Morgan fingerprint density at radius 3 is 2.62 bits per heavy atom. The lowest BCUT2D eigenvalue weighted by atomic mass is 10.1. The van der Waals surface area contributed by atoms with Crippen LogP contribution in [-0.2, 0) is 10.8 Å². The highest BCUT2D eigenvalue weighted by Gasteiger charge is 2.35. The number of benzene rings is 1. The van der Waals surface area contributed by atoms with Crippen molar-refractivity contribution in [3.63, 3.8) is 0 Å². The van der Waals surface area contributed by atoms with Gasteiger partial charge in [-0.2, -0.15) is 0 Å². The fraction of sp³-hybridized carbons (Fsp3) is 0.417. The lowest BCUT2D eigenvalue weighted by molar-refractivity contribution is 0.0809. The van der Waals surface area contributed by atoms with Crippen LogP contribution >= 0.6 is 15.9 Å². The summed E-state index contributed by atoms with van der Waals surface area (Å²) >= 11 is 3.43. The van der Waals surface area contributed by atoms with Crippen molar-refractivity contribution in [3.8, 4) is 0 Å². The average Bonchev–Trinajstić information content (AvgIpc) is 2.42. The summed E-state index contributed by atoms with van der Waals surface area (Å²) in [6.07, 6.45) is 0.457. The molecule has 0 fully saturated rings. The molecule has 1 aliphatic rings. The lowest BCUT2D eigenvalue weighted by Crippen LogP contribution is -2.35. The van der Waals surface area contributed by atoms with Crippen molar-refractivity contribution in [1.82, 2.24) is 0 Å². The molecule has 4 heteroatoms. The number of Topliss-reactive ketones (excluding diaryl/α,β-unsaturated/α-hetero) is 1. The van der Waals surface area contributed by atoms with Gasteiger partial charge in [0.05, 0.1) is 0 Å². The van der Waals surface area contributed by atoms with Gasteiger partial charge < -0.3 is 4.43 Å². The van der Waals surface area contributed by atoms with E-state index in [1.807, 2.05) is 18.2 Å². The van der Waals surface area contributed by atoms with Crippen molar-refractivity contribution >= 4 is 30.0 Å². The molecule has 0 aliphatic heterocycles. The van der Waals surface area contributed by atoms with Crippen LogP contribution in [0.15, 0.2) is 22.7 Å². The third-order valence-electron chi connectivity index (χ3n) is 2.54. The second-order valence-corrected chi connectivity index (χ2v) is 10.4. The maximum absolute atomic E-state index is 12.2. The second-order valence-electron chi connectivity index (χ2n) is 5.06. The van der Waals surface area contributed by atoms with E-state index in [4.69, 9.17) is 4.43 Å². The molecule has 1 aliphatic carbocycles. The average molecular weight is 299 g/mol. The zero-order chi connectivity index (χ0) is 11.9. The lowest BCUT2D eigenvalue weighted by Gasteiger charge is -2.21. The molecule has 1 aromatic carbocycles. The number of hydrogen-bond acceptors (Lipinski definition) is 2. The zero-order valence-electron chi connectivity index (χ0n) is 9.71. The van der Waals surface area contributed by atoms with Gasteiger partial charge in [-0.3, -0.25) is 4.79 Å². The summed E-state index contributed by atoms with van der Waals surface area (Å²) in [4.78, 5) is 12.2. The molecule has 0 amide bonds. The monoisotopic (exact) mass is 298 g/mol. The molecule has 0 radical (unpaired) electrons. The summed E-state index contributed by atoms with van der Waals surface area (Å²) in [7, 11) is -1.66. The molecule has 1 atom stereocenters. The normalized spacial score (nSPS) is 20.0. The molecule has 0 N–H and O–H groups in total. The first-order valence-electron chi connectivity index (χ1n) is 5.38. The Balaban J connectivity index is 2.28. The third-order valence-corrected chi connectivity index (χ3v) is 4.19. The highest BCUT2D eigenvalue weighted by molar-refractivity contribution is 9.10. The quantitative estimate of drug-likeness (QED) is 0.782. The van der Waals surface area contributed by atoms with Gasteiger partial charge in [0.15, 0.2) is 14.1 Å². The molecular weight excluding hydrogens is 284 g/mol. The largest absolute Gasteiger partial charge is 0.407 e. The minimum Gasteiger partial charge on any atom is -0.407 e. The Labute approximate surface area is 105 Å². The van der Waals surface area contributed by atoms with Gasteiger partial charge in [0.1, 0.15) is 6.10 Å². The number of hydrogen-bond donors (Lipinski definition) is 0. The van der Waals surface area contributed by atoms with E-state index in [2.05, 4.69) is 35.6 Å². The van der Waals surface area contributed by atoms with Crippen LogP contribution in [0.1, 0.15) is 15.9 Å². The Morgan fingerprint density at radius 1 is 1.38 bits per heavy atom. The van der Waals surface area contributed by atoms with Crippen LogP contribution in [0.25, 0.3) is 0 Å². The standard InChI is InChI=1S/C12H15BrO2Si/c1-16(2,3)15-10-7-8-5-4-6-9(13)11(8)12(10)14/h4-6,10H,7H2,1-3H3. The van der Waals surface area contributed by atoms with Gasteiger partial charge in [-0.05, 0) is 31.3 Å². The van der Waals surface area contributed by atoms with E-state index in [-0.39, 0.29) is 11.9 Å². The van der Waals surface area contributed by atoms with Gasteiger partial charge >= 0.3 is 0 Å². The van der Waals surface area contributed by atoms with Crippen molar-refractivity contribution in [2.45, 2.75) is 32.2 Å². The first-order valence-corrected chi connectivity index (χ1v) is 9.58. The fourth-order valence-electron chi connectivity index (χ4n) is 1.99. The molecule has 0 aromatic heterocycles. The highest BCUT2D eigenvalue weighted by Crippen LogP contribution is 2.31. The van der Waals surface area contributed by atoms with Gasteiger partial charge in [0.2, 0.25) is 0 Å². The van der Waals surface area contributed by atoms with Crippen molar-refractivity contribution < 1.29 is 9.22 Å². The number of halogens is 1. The molecule has 1 aromatic rings. The molecule has 86 valence electrons. The van der Waals surface area contributed by atoms with Crippen LogP contribution in [0.2, 0.25) is 19.6 Å². The number of carbonyl (C=O) groups excluding carboxylic acids is 1. The summed E-state index contributed by atoms with van der Waals surface area (Å²) < 4.78 is 6.80. The number of rotatable bonds is 2. The van der Waals surface area contributed by atoms with E-state index in [0.29, 0.717) is 0 Å². The van der Waals surface area contributed by atoms with Crippen LogP contribution in [0, 0.1) is 0 Å². The van der Waals surface area contributed by atoms with E-state index in [1.54, 1.807) is 0 Å². The van der Waals surface area contributed by atoms with Gasteiger partial charge in [-0.25, -0.2) is 0 Å². The fourth-order valence-corrected chi connectivity index (χ4v) is 3.64. The van der Waals surface area contributed by atoms with E-state index < -0.39 is 8.32 Å². The smallest absolute Gasteiger partial charge is 0.192 e. The second kappa shape index (κ2) is 4.09. The minimum atomic E-state index is -1.66. The molecule has 0 saturated heterocycles. The number of fused-ring (bicyclic) bond motifs is 1. The topological polar surface area (TPSA) is 26.3 Å². The molecule has 0 heterocycles. The van der Waals surface area contributed by atoms with Gasteiger partial charge in [0.25, 0.3) is 0 Å². The third kappa shape index (κ3) is 2.29. The molecule has 0 saturated carbocycles.